The van der Waals surface area contributed by atoms with Crippen LogP contribution in [0.2, 0.25) is 0 Å². The number of benzene rings is 1. The van der Waals surface area contributed by atoms with Gasteiger partial charge in [0, 0.05) is 36.6 Å². The van der Waals surface area contributed by atoms with Gasteiger partial charge in [-0.25, -0.2) is 4.39 Å². The Morgan fingerprint density at radius 2 is 1.96 bits per heavy atom. The fraction of sp³-hybridized carbons (Fsp3) is 0.316. The number of nitrogens with one attached hydrogen (secondary N) is 1. The molecule has 0 aliphatic carbocycles. The van der Waals surface area contributed by atoms with Crippen LogP contribution in [0, 0.1) is 5.82 Å². The molecule has 1 saturated heterocycles. The van der Waals surface area contributed by atoms with Crippen molar-refractivity contribution in [3.05, 3.63) is 58.0 Å². The summed E-state index contributed by atoms with van der Waals surface area (Å²) in [5.74, 6) is -1.77. The molecule has 0 spiro atoms. The van der Waals surface area contributed by atoms with E-state index >= 15 is 0 Å². The van der Waals surface area contributed by atoms with Gasteiger partial charge < -0.3 is 20.9 Å². The van der Waals surface area contributed by atoms with Crippen LogP contribution in [0.4, 0.5) is 4.39 Å². The van der Waals surface area contributed by atoms with Gasteiger partial charge >= 0.3 is 0 Å². The third-order valence-electron chi connectivity index (χ3n) is 4.41. The summed E-state index contributed by atoms with van der Waals surface area (Å²) in [6, 6.07) is 8.97. The second kappa shape index (κ2) is 8.94. The van der Waals surface area contributed by atoms with Crippen molar-refractivity contribution in [2.24, 2.45) is 5.73 Å². The number of nitrogens with two attached hydrogens (primary N) is 1. The number of amides is 3. The molecule has 1 fully saturated rings. The molecule has 1 atom stereocenters. The van der Waals surface area contributed by atoms with Gasteiger partial charge in [-0.1, -0.05) is 12.1 Å². The highest BCUT2D eigenvalue weighted by molar-refractivity contribution is 7.10. The molecule has 0 bridgehead atoms. The van der Waals surface area contributed by atoms with E-state index in [-0.39, 0.29) is 44.1 Å². The molecule has 3 amide bonds. The maximum absolute atomic E-state index is 13.5. The van der Waals surface area contributed by atoms with Crippen molar-refractivity contribution in [3.63, 3.8) is 0 Å². The summed E-state index contributed by atoms with van der Waals surface area (Å²) in [5.41, 5.74) is 5.58. The molecule has 1 aliphatic rings. The first-order valence-electron chi connectivity index (χ1n) is 8.87. The quantitative estimate of drug-likeness (QED) is 0.745. The van der Waals surface area contributed by atoms with E-state index in [0.29, 0.717) is 0 Å². The molecule has 2 aromatic rings. The Hall–Kier alpha value is -2.78. The fourth-order valence-corrected chi connectivity index (χ4v) is 3.82. The first-order chi connectivity index (χ1) is 13.5. The van der Waals surface area contributed by atoms with E-state index in [0.717, 1.165) is 10.9 Å². The van der Waals surface area contributed by atoms with Crippen LogP contribution in [0.15, 0.2) is 41.8 Å². The molecule has 0 saturated carbocycles. The Morgan fingerprint density at radius 3 is 2.64 bits per heavy atom. The van der Waals surface area contributed by atoms with Gasteiger partial charge in [-0.3, -0.25) is 14.4 Å². The lowest BCUT2D eigenvalue weighted by Crippen LogP contribution is -2.54. The minimum Gasteiger partial charge on any atom is -0.351 e. The second-order valence-electron chi connectivity index (χ2n) is 6.31. The number of hydrogen-bond acceptors (Lipinski definition) is 5. The Kier molecular flexibility index (Phi) is 6.37. The Balaban J connectivity index is 1.83. The number of thiophene rings is 1. The highest BCUT2D eigenvalue weighted by Crippen LogP contribution is 2.21. The summed E-state index contributed by atoms with van der Waals surface area (Å²) >= 11 is 1.45. The third-order valence-corrected chi connectivity index (χ3v) is 5.29. The topological polar surface area (TPSA) is 95.7 Å². The molecular formula is C19H21FN4O3S. The molecule has 28 heavy (non-hydrogen) atoms. The highest BCUT2D eigenvalue weighted by atomic mass is 32.1. The maximum Gasteiger partial charge on any atom is 0.263 e. The van der Waals surface area contributed by atoms with Gasteiger partial charge in [-0.15, -0.1) is 11.3 Å². The predicted molar refractivity (Wildman–Crippen MR) is 103 cm³/mol. The molecule has 1 unspecified atom stereocenters. The molecule has 3 N–H and O–H groups in total. The van der Waals surface area contributed by atoms with E-state index in [1.54, 1.807) is 0 Å². The van der Waals surface area contributed by atoms with Crippen molar-refractivity contribution in [1.82, 2.24) is 15.1 Å². The smallest absolute Gasteiger partial charge is 0.263 e. The first kappa shape index (κ1) is 20.0. The summed E-state index contributed by atoms with van der Waals surface area (Å²) in [7, 11) is 0. The maximum atomic E-state index is 13.5. The normalized spacial score (nSPS) is 16.3. The molecular weight excluding hydrogens is 383 g/mol. The Labute approximate surface area is 165 Å². The van der Waals surface area contributed by atoms with Crippen molar-refractivity contribution < 1.29 is 18.8 Å². The zero-order chi connectivity index (χ0) is 20.1. The number of rotatable bonds is 6. The Morgan fingerprint density at radius 1 is 1.18 bits per heavy atom. The lowest BCUT2D eigenvalue weighted by Gasteiger charge is -2.29. The SMILES string of the molecule is NCCNC(=O)C1N(C(=O)Cc2cccs2)CCN1C(=O)c1cccc(F)c1. The van der Waals surface area contributed by atoms with Gasteiger partial charge in [0.1, 0.15) is 5.82 Å². The van der Waals surface area contributed by atoms with Crippen LogP contribution in [0.5, 0.6) is 0 Å². The number of hydrogen-bond donors (Lipinski definition) is 2. The molecule has 1 aliphatic heterocycles. The van der Waals surface area contributed by atoms with Crippen molar-refractivity contribution in [3.8, 4) is 0 Å². The summed E-state index contributed by atoms with van der Waals surface area (Å²) in [6.07, 6.45) is -0.935. The van der Waals surface area contributed by atoms with E-state index in [4.69, 9.17) is 5.73 Å². The number of nitrogens with zero attached hydrogens (tertiary/aromatic N) is 2. The molecule has 1 aromatic heterocycles. The average Bonchev–Trinajstić information content (AvgIpc) is 3.35. The van der Waals surface area contributed by atoms with Crippen LogP contribution in [0.25, 0.3) is 0 Å². The van der Waals surface area contributed by atoms with Crippen LogP contribution < -0.4 is 11.1 Å². The number of carbonyl (C=O) groups is 3. The molecule has 2 heterocycles. The number of halogens is 1. The van der Waals surface area contributed by atoms with Crippen LogP contribution in [0.1, 0.15) is 15.2 Å². The summed E-state index contributed by atoms with van der Waals surface area (Å²) in [4.78, 5) is 42.0. The molecule has 9 heteroatoms. The van der Waals surface area contributed by atoms with Crippen LogP contribution in [-0.2, 0) is 16.0 Å². The molecule has 7 nitrogen and oxygen atoms in total. The standard InChI is InChI=1S/C19H21FN4O3S/c20-14-4-1-3-13(11-14)19(27)24-9-8-23(18(24)17(26)22-7-6-21)16(25)12-15-5-2-10-28-15/h1-5,10-11,18H,6-9,12,21H2,(H,22,26). The summed E-state index contributed by atoms with van der Waals surface area (Å²) < 4.78 is 13.5. The van der Waals surface area contributed by atoms with Crippen LogP contribution >= 0.6 is 11.3 Å². The zero-order valence-corrected chi connectivity index (χ0v) is 16.0. The molecule has 1 aromatic carbocycles. The van der Waals surface area contributed by atoms with Gasteiger partial charge in [0.15, 0.2) is 6.17 Å². The largest absolute Gasteiger partial charge is 0.351 e. The minimum atomic E-state index is -1.09. The van der Waals surface area contributed by atoms with Gasteiger partial charge in [-0.2, -0.15) is 0 Å². The van der Waals surface area contributed by atoms with Crippen molar-refractivity contribution in [2.75, 3.05) is 26.2 Å². The van der Waals surface area contributed by atoms with Gasteiger partial charge in [0.2, 0.25) is 5.91 Å². The van der Waals surface area contributed by atoms with Crippen LogP contribution in [0.3, 0.4) is 0 Å². The second-order valence-corrected chi connectivity index (χ2v) is 7.34. The van der Waals surface area contributed by atoms with E-state index < -0.39 is 23.8 Å². The fourth-order valence-electron chi connectivity index (χ4n) is 3.12. The lowest BCUT2D eigenvalue weighted by molar-refractivity contribution is -0.140. The average molecular weight is 404 g/mol. The van der Waals surface area contributed by atoms with Gasteiger partial charge in [-0.05, 0) is 29.6 Å². The highest BCUT2D eigenvalue weighted by Gasteiger charge is 2.42. The molecule has 0 radical (unpaired) electrons. The third kappa shape index (κ3) is 4.37. The zero-order valence-electron chi connectivity index (χ0n) is 15.1. The van der Waals surface area contributed by atoms with Crippen molar-refractivity contribution in [1.29, 1.82) is 0 Å². The summed E-state index contributed by atoms with van der Waals surface area (Å²) in [5, 5.41) is 4.52. The van der Waals surface area contributed by atoms with E-state index in [1.165, 1.54) is 39.3 Å². The first-order valence-corrected chi connectivity index (χ1v) is 9.75. The molecule has 3 rings (SSSR count). The van der Waals surface area contributed by atoms with Gasteiger partial charge in [0.25, 0.3) is 11.8 Å². The van der Waals surface area contributed by atoms with Crippen LogP contribution in [-0.4, -0.2) is 59.9 Å². The minimum absolute atomic E-state index is 0.129. The monoisotopic (exact) mass is 404 g/mol. The molecule has 148 valence electrons. The lowest BCUT2D eigenvalue weighted by atomic mass is 10.2. The van der Waals surface area contributed by atoms with Gasteiger partial charge in [0.05, 0.1) is 6.42 Å². The van der Waals surface area contributed by atoms with Crippen molar-refractivity contribution >= 4 is 29.1 Å². The van der Waals surface area contributed by atoms with E-state index in [9.17, 15) is 18.8 Å². The van der Waals surface area contributed by atoms with E-state index in [2.05, 4.69) is 5.32 Å². The number of carbonyl (C=O) groups excluding carboxylic acids is 3. The predicted octanol–water partition coefficient (Wildman–Crippen LogP) is 0.815. The van der Waals surface area contributed by atoms with Crippen molar-refractivity contribution in [2.45, 2.75) is 12.6 Å². The Bertz CT molecular complexity index is 859. The summed E-state index contributed by atoms with van der Waals surface area (Å²) in [6.45, 7) is 0.877. The van der Waals surface area contributed by atoms with E-state index in [1.807, 2.05) is 17.5 Å².